The Kier molecular flexibility index (Phi) is 4.83. The lowest BCUT2D eigenvalue weighted by molar-refractivity contribution is -0.121. The first-order valence-corrected chi connectivity index (χ1v) is 7.36. The summed E-state index contributed by atoms with van der Waals surface area (Å²) >= 11 is 0. The van der Waals surface area contributed by atoms with Crippen LogP contribution in [0.4, 0.5) is 0 Å². The highest BCUT2D eigenvalue weighted by Gasteiger charge is 2.08. The minimum absolute atomic E-state index is 0.0921. The second kappa shape index (κ2) is 6.61. The molecule has 0 saturated heterocycles. The highest BCUT2D eigenvalue weighted by Crippen LogP contribution is 2.10. The Hall–Kier alpha value is -2.04. The van der Waals surface area contributed by atoms with E-state index in [9.17, 15) is 4.79 Å². The molecule has 0 fully saturated rings. The molecule has 0 aromatic carbocycles. The van der Waals surface area contributed by atoms with E-state index < -0.39 is 0 Å². The van der Waals surface area contributed by atoms with Crippen LogP contribution in [-0.2, 0) is 24.8 Å². The predicted molar refractivity (Wildman–Crippen MR) is 83.2 cm³/mol. The van der Waals surface area contributed by atoms with Crippen LogP contribution >= 0.6 is 0 Å². The Morgan fingerprint density at radius 3 is 2.67 bits per heavy atom. The van der Waals surface area contributed by atoms with Gasteiger partial charge in [-0.25, -0.2) is 0 Å². The minimum atomic E-state index is 0.0921. The molecule has 0 unspecified atom stereocenters. The molecule has 0 spiro atoms. The standard InChI is InChI=1S/C16H24N4O/c1-12-13(2)18-20(14(12)3)11-9-17-16(21)8-7-15-6-5-10-19(15)4/h5-6,10H,7-9,11H2,1-4H3,(H,17,21). The van der Waals surface area contributed by atoms with Crippen LogP contribution in [0.5, 0.6) is 0 Å². The Bertz CT molecular complexity index is 624. The van der Waals surface area contributed by atoms with Crippen molar-refractivity contribution in [1.82, 2.24) is 19.7 Å². The van der Waals surface area contributed by atoms with Gasteiger partial charge in [0.1, 0.15) is 0 Å². The summed E-state index contributed by atoms with van der Waals surface area (Å²) < 4.78 is 4.01. The highest BCUT2D eigenvalue weighted by atomic mass is 16.1. The fraction of sp³-hybridized carbons (Fsp3) is 0.500. The van der Waals surface area contributed by atoms with Gasteiger partial charge in [-0.1, -0.05) is 0 Å². The number of nitrogens with zero attached hydrogens (tertiary/aromatic N) is 3. The second-order valence-electron chi connectivity index (χ2n) is 5.48. The van der Waals surface area contributed by atoms with Crippen LogP contribution in [0.1, 0.15) is 29.1 Å². The number of aryl methyl sites for hydroxylation is 3. The molecule has 0 radical (unpaired) electrons. The van der Waals surface area contributed by atoms with E-state index in [1.807, 2.05) is 41.5 Å². The molecule has 0 bridgehead atoms. The molecule has 2 aromatic rings. The van der Waals surface area contributed by atoms with Crippen molar-refractivity contribution in [2.24, 2.45) is 7.05 Å². The summed E-state index contributed by atoms with van der Waals surface area (Å²) in [6.07, 6.45) is 3.29. The molecule has 0 atom stereocenters. The zero-order valence-electron chi connectivity index (χ0n) is 13.3. The van der Waals surface area contributed by atoms with Crippen LogP contribution < -0.4 is 5.32 Å². The summed E-state index contributed by atoms with van der Waals surface area (Å²) in [5, 5.41) is 7.43. The molecule has 1 amide bonds. The topological polar surface area (TPSA) is 51.9 Å². The summed E-state index contributed by atoms with van der Waals surface area (Å²) in [7, 11) is 2.00. The highest BCUT2D eigenvalue weighted by molar-refractivity contribution is 5.76. The van der Waals surface area contributed by atoms with Gasteiger partial charge in [-0.05, 0) is 44.9 Å². The van der Waals surface area contributed by atoms with Gasteiger partial charge < -0.3 is 9.88 Å². The van der Waals surface area contributed by atoms with Crippen LogP contribution in [0.3, 0.4) is 0 Å². The normalized spacial score (nSPS) is 10.9. The number of nitrogens with one attached hydrogen (secondary N) is 1. The smallest absolute Gasteiger partial charge is 0.220 e. The van der Waals surface area contributed by atoms with Crippen molar-refractivity contribution in [3.63, 3.8) is 0 Å². The van der Waals surface area contributed by atoms with E-state index in [-0.39, 0.29) is 5.91 Å². The first-order chi connectivity index (χ1) is 9.99. The number of carbonyl (C=O) groups excluding carboxylic acids is 1. The number of rotatable bonds is 6. The Morgan fingerprint density at radius 1 is 1.33 bits per heavy atom. The number of hydrogen-bond acceptors (Lipinski definition) is 2. The molecule has 2 rings (SSSR count). The Balaban J connectivity index is 1.74. The summed E-state index contributed by atoms with van der Waals surface area (Å²) in [6.45, 7) is 7.49. The number of hydrogen-bond donors (Lipinski definition) is 1. The van der Waals surface area contributed by atoms with Gasteiger partial charge >= 0.3 is 0 Å². The lowest BCUT2D eigenvalue weighted by Crippen LogP contribution is -2.28. The van der Waals surface area contributed by atoms with E-state index in [1.54, 1.807) is 0 Å². The number of carbonyl (C=O) groups is 1. The third-order valence-corrected chi connectivity index (χ3v) is 4.05. The summed E-state index contributed by atoms with van der Waals surface area (Å²) in [4.78, 5) is 11.8. The molecule has 114 valence electrons. The van der Waals surface area contributed by atoms with Crippen LogP contribution in [0.2, 0.25) is 0 Å². The van der Waals surface area contributed by atoms with Gasteiger partial charge in [-0.2, -0.15) is 5.10 Å². The maximum Gasteiger partial charge on any atom is 0.220 e. The quantitative estimate of drug-likeness (QED) is 0.882. The molecule has 0 aliphatic heterocycles. The molecule has 5 nitrogen and oxygen atoms in total. The molecular formula is C16H24N4O. The van der Waals surface area contributed by atoms with Gasteiger partial charge in [0.2, 0.25) is 5.91 Å². The molecule has 0 saturated carbocycles. The number of amides is 1. The molecule has 5 heteroatoms. The number of aromatic nitrogens is 3. The minimum Gasteiger partial charge on any atom is -0.354 e. The van der Waals surface area contributed by atoms with E-state index in [0.29, 0.717) is 13.0 Å². The Labute approximate surface area is 126 Å². The van der Waals surface area contributed by atoms with Gasteiger partial charge in [0.15, 0.2) is 0 Å². The van der Waals surface area contributed by atoms with Crippen molar-refractivity contribution in [2.45, 2.75) is 40.2 Å². The monoisotopic (exact) mass is 288 g/mol. The Morgan fingerprint density at radius 2 is 2.10 bits per heavy atom. The van der Waals surface area contributed by atoms with E-state index in [0.717, 1.165) is 18.7 Å². The van der Waals surface area contributed by atoms with Gasteiger partial charge in [-0.15, -0.1) is 0 Å². The molecule has 2 aromatic heterocycles. The summed E-state index contributed by atoms with van der Waals surface area (Å²) in [6, 6.07) is 4.05. The predicted octanol–water partition coefficient (Wildman–Crippen LogP) is 1.90. The van der Waals surface area contributed by atoms with Crippen molar-refractivity contribution < 1.29 is 4.79 Å². The molecule has 0 aliphatic carbocycles. The molecule has 21 heavy (non-hydrogen) atoms. The van der Waals surface area contributed by atoms with Crippen molar-refractivity contribution >= 4 is 5.91 Å². The van der Waals surface area contributed by atoms with Gasteiger partial charge in [0, 0.05) is 37.6 Å². The maximum atomic E-state index is 11.8. The van der Waals surface area contributed by atoms with E-state index in [2.05, 4.69) is 24.3 Å². The SMILES string of the molecule is Cc1nn(CCNC(=O)CCc2cccn2C)c(C)c1C. The van der Waals surface area contributed by atoms with Crippen molar-refractivity contribution in [3.8, 4) is 0 Å². The average molecular weight is 288 g/mol. The fourth-order valence-corrected chi connectivity index (χ4v) is 2.39. The van der Waals surface area contributed by atoms with Crippen LogP contribution in [0.25, 0.3) is 0 Å². The lowest BCUT2D eigenvalue weighted by atomic mass is 10.2. The van der Waals surface area contributed by atoms with Crippen molar-refractivity contribution in [2.75, 3.05) is 6.54 Å². The molecule has 2 heterocycles. The van der Waals surface area contributed by atoms with Crippen molar-refractivity contribution in [3.05, 3.63) is 41.0 Å². The van der Waals surface area contributed by atoms with E-state index in [1.165, 1.54) is 17.0 Å². The molecule has 1 N–H and O–H groups in total. The van der Waals surface area contributed by atoms with Gasteiger partial charge in [-0.3, -0.25) is 9.48 Å². The van der Waals surface area contributed by atoms with E-state index >= 15 is 0 Å². The van der Waals surface area contributed by atoms with E-state index in [4.69, 9.17) is 0 Å². The second-order valence-corrected chi connectivity index (χ2v) is 5.48. The van der Waals surface area contributed by atoms with Crippen LogP contribution in [0, 0.1) is 20.8 Å². The fourth-order valence-electron chi connectivity index (χ4n) is 2.39. The average Bonchev–Trinajstić information content (AvgIpc) is 2.96. The zero-order chi connectivity index (χ0) is 15.4. The van der Waals surface area contributed by atoms with Gasteiger partial charge in [0.05, 0.1) is 12.2 Å². The van der Waals surface area contributed by atoms with Gasteiger partial charge in [0.25, 0.3) is 0 Å². The third-order valence-electron chi connectivity index (χ3n) is 4.05. The maximum absolute atomic E-state index is 11.8. The first-order valence-electron chi connectivity index (χ1n) is 7.36. The zero-order valence-corrected chi connectivity index (χ0v) is 13.3. The molecular weight excluding hydrogens is 264 g/mol. The van der Waals surface area contributed by atoms with Crippen molar-refractivity contribution in [1.29, 1.82) is 0 Å². The first kappa shape index (κ1) is 15.4. The van der Waals surface area contributed by atoms with Crippen LogP contribution in [0.15, 0.2) is 18.3 Å². The van der Waals surface area contributed by atoms with Crippen LogP contribution in [-0.4, -0.2) is 26.8 Å². The third kappa shape index (κ3) is 3.74. The largest absolute Gasteiger partial charge is 0.354 e. The molecule has 0 aliphatic rings. The summed E-state index contributed by atoms with van der Waals surface area (Å²) in [5.41, 5.74) is 4.64. The lowest BCUT2D eigenvalue weighted by Gasteiger charge is -2.07. The summed E-state index contributed by atoms with van der Waals surface area (Å²) in [5.74, 6) is 0.0921.